The number of aryl methyl sites for hydroxylation is 1. The van der Waals surface area contributed by atoms with E-state index in [2.05, 4.69) is 29.4 Å². The average Bonchev–Trinajstić information content (AvgIpc) is 2.64. The van der Waals surface area contributed by atoms with Gasteiger partial charge in [-0.15, -0.1) is 13.2 Å². The Bertz CT molecular complexity index is 692. The van der Waals surface area contributed by atoms with Gasteiger partial charge in [-0.05, 0) is 24.1 Å². The molecule has 27 heavy (non-hydrogen) atoms. The molecule has 1 heterocycles. The number of methoxy groups -OCH3 is 1. The van der Waals surface area contributed by atoms with Gasteiger partial charge in [0.25, 0.3) is 0 Å². The van der Waals surface area contributed by atoms with Crippen LogP contribution in [0.4, 0.5) is 0 Å². The largest absolute Gasteiger partial charge is 0.496 e. The van der Waals surface area contributed by atoms with Crippen molar-refractivity contribution in [3.05, 3.63) is 54.6 Å². The van der Waals surface area contributed by atoms with Gasteiger partial charge in [-0.25, -0.2) is 0 Å². The minimum Gasteiger partial charge on any atom is -0.496 e. The van der Waals surface area contributed by atoms with Gasteiger partial charge in [-0.3, -0.25) is 14.5 Å². The van der Waals surface area contributed by atoms with Gasteiger partial charge >= 0.3 is 0 Å². The molecule has 1 atom stereocenters. The minimum absolute atomic E-state index is 0.0761. The second kappa shape index (κ2) is 9.92. The van der Waals surface area contributed by atoms with E-state index in [1.54, 1.807) is 24.2 Å². The lowest BCUT2D eigenvalue weighted by Gasteiger charge is -2.35. The molecule has 1 aliphatic rings. The van der Waals surface area contributed by atoms with Crippen LogP contribution in [0.2, 0.25) is 0 Å². The van der Waals surface area contributed by atoms with E-state index in [4.69, 9.17) is 4.74 Å². The van der Waals surface area contributed by atoms with E-state index in [1.165, 1.54) is 0 Å². The standard InChI is InChI=1S/C21H29N3O3/c1-5-10-23(11-6-2)20(25)14-18-21(26)22-9-12-24(18)15-17-7-8-19(27-4)16(3)13-17/h5-8,13,18H,1-2,9-12,14-15H2,3-4H3,(H,22,26)/t18-/m1/s1. The van der Waals surface area contributed by atoms with E-state index in [1.807, 2.05) is 19.1 Å². The van der Waals surface area contributed by atoms with Crippen LogP contribution in [0.3, 0.4) is 0 Å². The quantitative estimate of drug-likeness (QED) is 0.674. The van der Waals surface area contributed by atoms with Gasteiger partial charge in [-0.2, -0.15) is 0 Å². The van der Waals surface area contributed by atoms with Crippen molar-refractivity contribution in [2.45, 2.75) is 25.9 Å². The molecule has 0 saturated carbocycles. The summed E-state index contributed by atoms with van der Waals surface area (Å²) in [6.07, 6.45) is 3.50. The summed E-state index contributed by atoms with van der Waals surface area (Å²) >= 11 is 0. The normalized spacial score (nSPS) is 17.1. The highest BCUT2D eigenvalue weighted by Gasteiger charge is 2.32. The first-order chi connectivity index (χ1) is 13.0. The Morgan fingerprint density at radius 2 is 2.07 bits per heavy atom. The molecule has 1 N–H and O–H groups in total. The van der Waals surface area contributed by atoms with E-state index in [9.17, 15) is 9.59 Å². The number of carbonyl (C=O) groups is 2. The van der Waals surface area contributed by atoms with E-state index in [0.717, 1.165) is 16.9 Å². The van der Waals surface area contributed by atoms with Gasteiger partial charge < -0.3 is 15.0 Å². The highest BCUT2D eigenvalue weighted by atomic mass is 16.5. The van der Waals surface area contributed by atoms with Gasteiger partial charge in [-0.1, -0.05) is 24.3 Å². The number of hydrogen-bond donors (Lipinski definition) is 1. The maximum atomic E-state index is 12.7. The van der Waals surface area contributed by atoms with Crippen molar-refractivity contribution in [2.75, 3.05) is 33.3 Å². The highest BCUT2D eigenvalue weighted by molar-refractivity contribution is 5.89. The van der Waals surface area contributed by atoms with Crippen molar-refractivity contribution in [3.8, 4) is 5.75 Å². The van der Waals surface area contributed by atoms with E-state index >= 15 is 0 Å². The monoisotopic (exact) mass is 371 g/mol. The number of amides is 2. The Morgan fingerprint density at radius 1 is 1.37 bits per heavy atom. The molecule has 6 nitrogen and oxygen atoms in total. The summed E-state index contributed by atoms with van der Waals surface area (Å²) in [5, 5.41) is 2.87. The van der Waals surface area contributed by atoms with Crippen LogP contribution >= 0.6 is 0 Å². The highest BCUT2D eigenvalue weighted by Crippen LogP contribution is 2.21. The number of nitrogens with one attached hydrogen (secondary N) is 1. The minimum atomic E-state index is -0.481. The molecule has 2 amide bonds. The predicted octanol–water partition coefficient (Wildman–Crippen LogP) is 1.89. The van der Waals surface area contributed by atoms with E-state index < -0.39 is 6.04 Å². The van der Waals surface area contributed by atoms with Crippen molar-refractivity contribution >= 4 is 11.8 Å². The lowest BCUT2D eigenvalue weighted by Crippen LogP contribution is -2.56. The molecule has 1 fully saturated rings. The van der Waals surface area contributed by atoms with Gasteiger partial charge in [0.15, 0.2) is 0 Å². The van der Waals surface area contributed by atoms with Gasteiger partial charge in [0.2, 0.25) is 11.8 Å². The average molecular weight is 371 g/mol. The summed E-state index contributed by atoms with van der Waals surface area (Å²) in [5.74, 6) is 0.663. The number of hydrogen-bond acceptors (Lipinski definition) is 4. The zero-order valence-electron chi connectivity index (χ0n) is 16.2. The van der Waals surface area contributed by atoms with Crippen LogP contribution in [0, 0.1) is 6.92 Å². The van der Waals surface area contributed by atoms with Crippen LogP contribution in [0.25, 0.3) is 0 Å². The van der Waals surface area contributed by atoms with Crippen LogP contribution in [-0.4, -0.2) is 60.9 Å². The molecule has 0 aliphatic carbocycles. The molecule has 2 rings (SSSR count). The second-order valence-electron chi connectivity index (χ2n) is 6.66. The molecule has 1 aliphatic heterocycles. The fourth-order valence-corrected chi connectivity index (χ4v) is 3.33. The van der Waals surface area contributed by atoms with Crippen LogP contribution in [0.1, 0.15) is 17.5 Å². The fraction of sp³-hybridized carbons (Fsp3) is 0.429. The lowest BCUT2D eigenvalue weighted by atomic mass is 10.0. The van der Waals surface area contributed by atoms with Crippen LogP contribution in [0.15, 0.2) is 43.5 Å². The topological polar surface area (TPSA) is 61.9 Å². The molecule has 146 valence electrons. The zero-order chi connectivity index (χ0) is 19.8. The summed E-state index contributed by atoms with van der Waals surface area (Å²) in [5.41, 5.74) is 2.14. The molecule has 0 radical (unpaired) electrons. The van der Waals surface area contributed by atoms with Crippen LogP contribution in [-0.2, 0) is 16.1 Å². The molecule has 6 heteroatoms. The Labute approximate surface area is 161 Å². The van der Waals surface area contributed by atoms with Gasteiger partial charge in [0.1, 0.15) is 5.75 Å². The molecule has 0 spiro atoms. The number of nitrogens with zero attached hydrogens (tertiary/aromatic N) is 2. The number of ether oxygens (including phenoxy) is 1. The zero-order valence-corrected chi connectivity index (χ0v) is 16.2. The summed E-state index contributed by atoms with van der Waals surface area (Å²) < 4.78 is 5.31. The van der Waals surface area contributed by atoms with Crippen molar-refractivity contribution in [3.63, 3.8) is 0 Å². The molecule has 1 aromatic rings. The molecule has 0 aromatic heterocycles. The van der Waals surface area contributed by atoms with Gasteiger partial charge in [0, 0.05) is 32.7 Å². The third-order valence-corrected chi connectivity index (χ3v) is 4.71. The maximum absolute atomic E-state index is 12.7. The lowest BCUT2D eigenvalue weighted by molar-refractivity contribution is -0.138. The van der Waals surface area contributed by atoms with E-state index in [0.29, 0.717) is 32.7 Å². The number of piperazine rings is 1. The second-order valence-corrected chi connectivity index (χ2v) is 6.66. The van der Waals surface area contributed by atoms with Gasteiger partial charge in [0.05, 0.1) is 19.6 Å². The third kappa shape index (κ3) is 5.44. The molecule has 0 bridgehead atoms. The predicted molar refractivity (Wildman–Crippen MR) is 107 cm³/mol. The fourth-order valence-electron chi connectivity index (χ4n) is 3.33. The SMILES string of the molecule is C=CCN(CC=C)C(=O)C[C@@H]1C(=O)NCCN1Cc1ccc(OC)c(C)c1. The smallest absolute Gasteiger partial charge is 0.237 e. The molecular weight excluding hydrogens is 342 g/mol. The molecular formula is C21H29N3O3. The maximum Gasteiger partial charge on any atom is 0.237 e. The van der Waals surface area contributed by atoms with Crippen molar-refractivity contribution in [1.82, 2.24) is 15.1 Å². The molecule has 1 aromatic carbocycles. The first-order valence-electron chi connectivity index (χ1n) is 9.15. The van der Waals surface area contributed by atoms with Crippen LogP contribution in [0.5, 0.6) is 5.75 Å². The molecule has 0 unspecified atom stereocenters. The Kier molecular flexibility index (Phi) is 7.61. The van der Waals surface area contributed by atoms with E-state index in [-0.39, 0.29) is 18.2 Å². The summed E-state index contributed by atoms with van der Waals surface area (Å²) in [6, 6.07) is 5.51. The first-order valence-corrected chi connectivity index (χ1v) is 9.15. The number of benzene rings is 1. The Balaban J connectivity index is 2.12. The number of carbonyl (C=O) groups excluding carboxylic acids is 2. The van der Waals surface area contributed by atoms with Crippen molar-refractivity contribution in [2.24, 2.45) is 0 Å². The summed E-state index contributed by atoms with van der Waals surface area (Å²) in [6.45, 7) is 12.2. The Morgan fingerprint density at radius 3 is 2.67 bits per heavy atom. The summed E-state index contributed by atoms with van der Waals surface area (Å²) in [7, 11) is 1.65. The van der Waals surface area contributed by atoms with Crippen molar-refractivity contribution in [1.29, 1.82) is 0 Å². The summed E-state index contributed by atoms with van der Waals surface area (Å²) in [4.78, 5) is 28.8. The first kappa shape index (κ1) is 20.7. The third-order valence-electron chi connectivity index (χ3n) is 4.71. The van der Waals surface area contributed by atoms with Crippen LogP contribution < -0.4 is 10.1 Å². The van der Waals surface area contributed by atoms with Crippen molar-refractivity contribution < 1.29 is 14.3 Å². The Hall–Kier alpha value is -2.60. The number of rotatable bonds is 9. The molecule has 1 saturated heterocycles.